The molecule has 7 heteroatoms. The fourth-order valence-electron chi connectivity index (χ4n) is 2.44. The standard InChI is InChI=1S/C13H20ClN3O2S/c1-16-7-5-11(6-8-16)17(2)20(18,19)13-4-3-10(15)9-12(13)14/h3-4,9,11H,5-8,15H2,1-2H3. The van der Waals surface area contributed by atoms with E-state index in [9.17, 15) is 8.42 Å². The van der Waals surface area contributed by atoms with E-state index < -0.39 is 10.0 Å². The first-order valence-corrected chi connectivity index (χ1v) is 8.36. The third kappa shape index (κ3) is 3.09. The van der Waals surface area contributed by atoms with Crippen LogP contribution in [-0.4, -0.2) is 50.8 Å². The molecule has 0 aromatic heterocycles. The Morgan fingerprint density at radius 3 is 2.50 bits per heavy atom. The first-order chi connectivity index (χ1) is 9.32. The number of nitrogen functional groups attached to an aromatic ring is 1. The minimum Gasteiger partial charge on any atom is -0.399 e. The SMILES string of the molecule is CN1CCC(N(C)S(=O)(=O)c2ccc(N)cc2Cl)CC1. The lowest BCUT2D eigenvalue weighted by Gasteiger charge is -2.34. The van der Waals surface area contributed by atoms with Crippen molar-refractivity contribution in [3.05, 3.63) is 23.2 Å². The number of benzene rings is 1. The number of hydrogen-bond donors (Lipinski definition) is 1. The first kappa shape index (κ1) is 15.6. The average molecular weight is 318 g/mol. The molecule has 0 unspecified atom stereocenters. The van der Waals surface area contributed by atoms with E-state index in [-0.39, 0.29) is 16.0 Å². The molecule has 1 aliphatic rings. The highest BCUT2D eigenvalue weighted by Crippen LogP contribution is 2.28. The zero-order valence-corrected chi connectivity index (χ0v) is 13.3. The van der Waals surface area contributed by atoms with Crippen LogP contribution in [0.15, 0.2) is 23.1 Å². The first-order valence-electron chi connectivity index (χ1n) is 6.54. The molecule has 0 radical (unpaired) electrons. The second-order valence-electron chi connectivity index (χ2n) is 5.25. The van der Waals surface area contributed by atoms with Gasteiger partial charge in [0.1, 0.15) is 4.90 Å². The zero-order valence-electron chi connectivity index (χ0n) is 11.7. The summed E-state index contributed by atoms with van der Waals surface area (Å²) in [5, 5.41) is 0.171. The largest absolute Gasteiger partial charge is 0.399 e. The zero-order chi connectivity index (χ0) is 14.9. The lowest BCUT2D eigenvalue weighted by Crippen LogP contribution is -2.44. The molecule has 2 N–H and O–H groups in total. The van der Waals surface area contributed by atoms with Gasteiger partial charge in [-0.05, 0) is 51.2 Å². The quantitative estimate of drug-likeness (QED) is 0.861. The van der Waals surface area contributed by atoms with Crippen LogP contribution >= 0.6 is 11.6 Å². The molecule has 112 valence electrons. The average Bonchev–Trinajstić information content (AvgIpc) is 2.38. The van der Waals surface area contributed by atoms with E-state index in [1.165, 1.54) is 16.4 Å². The molecule has 0 aliphatic carbocycles. The summed E-state index contributed by atoms with van der Waals surface area (Å²) in [7, 11) is 0.0900. The molecule has 1 fully saturated rings. The normalized spacial score (nSPS) is 18.6. The lowest BCUT2D eigenvalue weighted by atomic mass is 10.1. The van der Waals surface area contributed by atoms with Crippen LogP contribution < -0.4 is 5.73 Å². The van der Waals surface area contributed by atoms with Gasteiger partial charge in [-0.2, -0.15) is 4.31 Å². The molecule has 1 aromatic rings. The molecule has 5 nitrogen and oxygen atoms in total. The van der Waals surface area contributed by atoms with Gasteiger partial charge in [0.05, 0.1) is 5.02 Å². The number of nitrogens with two attached hydrogens (primary N) is 1. The molecular weight excluding hydrogens is 298 g/mol. The molecule has 1 heterocycles. The van der Waals surface area contributed by atoms with Crippen LogP contribution in [0, 0.1) is 0 Å². The summed E-state index contributed by atoms with van der Waals surface area (Å²) in [6.45, 7) is 1.81. The van der Waals surface area contributed by atoms with Gasteiger partial charge in [-0.25, -0.2) is 8.42 Å². The van der Waals surface area contributed by atoms with Crippen molar-refractivity contribution in [3.8, 4) is 0 Å². The summed E-state index contributed by atoms with van der Waals surface area (Å²) in [5.41, 5.74) is 6.06. The molecule has 0 bridgehead atoms. The summed E-state index contributed by atoms with van der Waals surface area (Å²) in [5.74, 6) is 0. The van der Waals surface area contributed by atoms with Gasteiger partial charge in [-0.15, -0.1) is 0 Å². The van der Waals surface area contributed by atoms with Gasteiger partial charge in [0, 0.05) is 18.8 Å². The Balaban J connectivity index is 2.25. The predicted molar refractivity (Wildman–Crippen MR) is 81.3 cm³/mol. The predicted octanol–water partition coefficient (Wildman–Crippen LogP) is 1.64. The molecule has 1 saturated heterocycles. The summed E-state index contributed by atoms with van der Waals surface area (Å²) in [6.07, 6.45) is 1.66. The van der Waals surface area contributed by atoms with E-state index in [1.807, 2.05) is 7.05 Å². The van der Waals surface area contributed by atoms with Crippen molar-refractivity contribution in [2.24, 2.45) is 0 Å². The number of nitrogens with zero attached hydrogens (tertiary/aromatic N) is 2. The Morgan fingerprint density at radius 1 is 1.35 bits per heavy atom. The maximum absolute atomic E-state index is 12.6. The second-order valence-corrected chi connectivity index (χ2v) is 7.62. The number of piperidine rings is 1. The van der Waals surface area contributed by atoms with Gasteiger partial charge in [-0.1, -0.05) is 11.6 Å². The molecule has 0 saturated carbocycles. The summed E-state index contributed by atoms with van der Waals surface area (Å²) < 4.78 is 26.7. The molecule has 1 aromatic carbocycles. The van der Waals surface area contributed by atoms with E-state index in [1.54, 1.807) is 13.1 Å². The van der Waals surface area contributed by atoms with Crippen molar-refractivity contribution in [3.63, 3.8) is 0 Å². The Morgan fingerprint density at radius 2 is 1.95 bits per heavy atom. The van der Waals surface area contributed by atoms with Gasteiger partial charge in [0.15, 0.2) is 0 Å². The summed E-state index contributed by atoms with van der Waals surface area (Å²) >= 11 is 6.03. The van der Waals surface area contributed by atoms with Crippen LogP contribution in [0.5, 0.6) is 0 Å². The van der Waals surface area contributed by atoms with Gasteiger partial charge in [0.2, 0.25) is 10.0 Å². The van der Waals surface area contributed by atoms with E-state index >= 15 is 0 Å². The molecule has 0 amide bonds. The number of rotatable bonds is 3. The molecule has 0 atom stereocenters. The minimum absolute atomic E-state index is 0.0184. The van der Waals surface area contributed by atoms with Crippen LogP contribution in [0.25, 0.3) is 0 Å². The van der Waals surface area contributed by atoms with E-state index in [2.05, 4.69) is 4.90 Å². The smallest absolute Gasteiger partial charge is 0.244 e. The second kappa shape index (κ2) is 5.89. The van der Waals surface area contributed by atoms with Crippen LogP contribution in [0.3, 0.4) is 0 Å². The summed E-state index contributed by atoms with van der Waals surface area (Å²) in [4.78, 5) is 2.32. The third-order valence-electron chi connectivity index (χ3n) is 3.82. The third-order valence-corrected chi connectivity index (χ3v) is 6.21. The van der Waals surface area contributed by atoms with Gasteiger partial charge in [-0.3, -0.25) is 0 Å². The molecule has 20 heavy (non-hydrogen) atoms. The van der Waals surface area contributed by atoms with Gasteiger partial charge < -0.3 is 10.6 Å². The van der Waals surface area contributed by atoms with E-state index in [4.69, 9.17) is 17.3 Å². The highest BCUT2D eigenvalue weighted by atomic mass is 35.5. The van der Waals surface area contributed by atoms with Crippen LogP contribution in [0.1, 0.15) is 12.8 Å². The van der Waals surface area contributed by atoms with Crippen molar-refractivity contribution in [1.82, 2.24) is 9.21 Å². The fraction of sp³-hybridized carbons (Fsp3) is 0.538. The van der Waals surface area contributed by atoms with E-state index in [0.717, 1.165) is 25.9 Å². The Labute approximate surface area is 125 Å². The Bertz CT molecular complexity index is 583. The van der Waals surface area contributed by atoms with Crippen LogP contribution in [0.2, 0.25) is 5.02 Å². The highest BCUT2D eigenvalue weighted by Gasteiger charge is 2.31. The van der Waals surface area contributed by atoms with Crippen molar-refractivity contribution >= 4 is 27.3 Å². The van der Waals surface area contributed by atoms with Crippen LogP contribution in [0.4, 0.5) is 5.69 Å². The lowest BCUT2D eigenvalue weighted by molar-refractivity contribution is 0.197. The van der Waals surface area contributed by atoms with Crippen molar-refractivity contribution in [1.29, 1.82) is 0 Å². The van der Waals surface area contributed by atoms with Crippen molar-refractivity contribution in [2.45, 2.75) is 23.8 Å². The van der Waals surface area contributed by atoms with Crippen molar-refractivity contribution < 1.29 is 8.42 Å². The molecular formula is C13H20ClN3O2S. The van der Waals surface area contributed by atoms with Crippen LogP contribution in [-0.2, 0) is 10.0 Å². The molecule has 2 rings (SSSR count). The highest BCUT2D eigenvalue weighted by molar-refractivity contribution is 7.89. The Kier molecular flexibility index (Phi) is 4.59. The minimum atomic E-state index is -3.58. The topological polar surface area (TPSA) is 66.6 Å². The maximum atomic E-state index is 12.6. The molecule has 1 aliphatic heterocycles. The van der Waals surface area contributed by atoms with E-state index in [0.29, 0.717) is 5.69 Å². The van der Waals surface area contributed by atoms with Gasteiger partial charge in [0.25, 0.3) is 0 Å². The number of hydrogen-bond acceptors (Lipinski definition) is 4. The Hall–Kier alpha value is -0.820. The maximum Gasteiger partial charge on any atom is 0.244 e. The van der Waals surface area contributed by atoms with Crippen molar-refractivity contribution in [2.75, 3.05) is 32.9 Å². The number of likely N-dealkylation sites (tertiary alicyclic amines) is 1. The fourth-order valence-corrected chi connectivity index (χ4v) is 4.38. The molecule has 0 spiro atoms. The monoisotopic (exact) mass is 317 g/mol. The number of anilines is 1. The van der Waals surface area contributed by atoms with Gasteiger partial charge >= 0.3 is 0 Å². The summed E-state index contributed by atoms with van der Waals surface area (Å²) in [6, 6.07) is 4.52. The number of halogens is 1. The number of sulfonamides is 1.